The number of fused-ring (bicyclic) bond motifs is 1. The minimum atomic E-state index is -2.46. The van der Waals surface area contributed by atoms with E-state index < -0.39 is 13.0 Å². The van der Waals surface area contributed by atoms with Crippen LogP contribution in [-0.2, 0) is 13.1 Å². The normalized spacial score (nSPS) is 14.0. The van der Waals surface area contributed by atoms with E-state index in [0.717, 1.165) is 5.39 Å². The van der Waals surface area contributed by atoms with Crippen LogP contribution in [0.25, 0.3) is 11.0 Å². The van der Waals surface area contributed by atoms with E-state index >= 15 is 0 Å². The lowest BCUT2D eigenvalue weighted by Crippen LogP contribution is -2.07. The second kappa shape index (κ2) is 7.23. The summed E-state index contributed by atoms with van der Waals surface area (Å²) in [5.41, 5.74) is 3.90. The molecule has 1 N–H and O–H groups in total. The molecule has 0 amide bonds. The van der Waals surface area contributed by atoms with Gasteiger partial charge in [-0.15, -0.1) is 0 Å². The van der Waals surface area contributed by atoms with E-state index in [2.05, 4.69) is 43.7 Å². The van der Waals surface area contributed by atoms with Crippen molar-refractivity contribution < 1.29 is 8.78 Å². The second-order valence-corrected chi connectivity index (χ2v) is 7.21. The maximum Gasteiger partial charge on any atom is 0.257 e. The SMILES string of the molecule is FC(F)Cn1cc(Nc2ncc3cnn(Cc4ccccc4C4CC4)c3n2)cn1. The van der Waals surface area contributed by atoms with Crippen molar-refractivity contribution in [1.29, 1.82) is 0 Å². The van der Waals surface area contributed by atoms with Gasteiger partial charge in [0.1, 0.15) is 6.54 Å². The summed E-state index contributed by atoms with van der Waals surface area (Å²) in [7, 11) is 0. The molecule has 0 atom stereocenters. The van der Waals surface area contributed by atoms with Crippen LogP contribution in [0.4, 0.5) is 20.4 Å². The first kappa shape index (κ1) is 17.7. The number of halogens is 2. The summed E-state index contributed by atoms with van der Waals surface area (Å²) in [6.07, 6.45) is 6.45. The van der Waals surface area contributed by atoms with E-state index in [4.69, 9.17) is 0 Å². The Balaban J connectivity index is 1.40. The van der Waals surface area contributed by atoms with Gasteiger partial charge >= 0.3 is 0 Å². The first-order valence-corrected chi connectivity index (χ1v) is 9.50. The molecule has 29 heavy (non-hydrogen) atoms. The summed E-state index contributed by atoms with van der Waals surface area (Å²) in [5, 5.41) is 12.3. The van der Waals surface area contributed by atoms with Crippen molar-refractivity contribution in [2.45, 2.75) is 38.3 Å². The number of alkyl halides is 2. The number of aromatic nitrogens is 6. The van der Waals surface area contributed by atoms with Gasteiger partial charge in [-0.1, -0.05) is 24.3 Å². The molecule has 7 nitrogen and oxygen atoms in total. The van der Waals surface area contributed by atoms with Crippen LogP contribution in [0.2, 0.25) is 0 Å². The topological polar surface area (TPSA) is 73.5 Å². The predicted octanol–water partition coefficient (Wildman–Crippen LogP) is 3.96. The Morgan fingerprint density at radius 3 is 2.79 bits per heavy atom. The highest BCUT2D eigenvalue weighted by Gasteiger charge is 2.25. The Labute approximate surface area is 165 Å². The van der Waals surface area contributed by atoms with Gasteiger partial charge in [0.2, 0.25) is 5.95 Å². The molecule has 0 spiro atoms. The highest BCUT2D eigenvalue weighted by atomic mass is 19.3. The summed E-state index contributed by atoms with van der Waals surface area (Å²) >= 11 is 0. The Kier molecular flexibility index (Phi) is 4.42. The number of nitrogens with zero attached hydrogens (tertiary/aromatic N) is 6. The monoisotopic (exact) mass is 395 g/mol. The van der Waals surface area contributed by atoms with Crippen molar-refractivity contribution in [3.63, 3.8) is 0 Å². The van der Waals surface area contributed by atoms with E-state index in [1.54, 1.807) is 12.4 Å². The lowest BCUT2D eigenvalue weighted by Gasteiger charge is -2.09. The van der Waals surface area contributed by atoms with Crippen molar-refractivity contribution in [3.05, 3.63) is 60.2 Å². The van der Waals surface area contributed by atoms with Crippen molar-refractivity contribution in [1.82, 2.24) is 29.5 Å². The summed E-state index contributed by atoms with van der Waals surface area (Å²) < 4.78 is 28.0. The van der Waals surface area contributed by atoms with E-state index in [1.807, 2.05) is 10.7 Å². The zero-order chi connectivity index (χ0) is 19.8. The zero-order valence-electron chi connectivity index (χ0n) is 15.5. The molecule has 9 heteroatoms. The molecule has 4 aromatic rings. The number of hydrogen-bond donors (Lipinski definition) is 1. The Hall–Kier alpha value is -3.36. The van der Waals surface area contributed by atoms with Gasteiger partial charge in [0, 0.05) is 12.4 Å². The van der Waals surface area contributed by atoms with Gasteiger partial charge < -0.3 is 5.32 Å². The summed E-state index contributed by atoms with van der Waals surface area (Å²) in [6, 6.07) is 8.46. The molecule has 0 aliphatic heterocycles. The molecule has 3 heterocycles. The molecule has 0 bridgehead atoms. The molecule has 1 aliphatic carbocycles. The molecule has 0 radical (unpaired) electrons. The van der Waals surface area contributed by atoms with Crippen molar-refractivity contribution >= 4 is 22.7 Å². The molecular formula is C20H19F2N7. The van der Waals surface area contributed by atoms with Crippen LogP contribution in [0.1, 0.15) is 29.9 Å². The standard InChI is InChI=1S/C20H19F2N7/c21-18(22)12-28-11-16(9-24-28)26-20-23-7-15-8-25-29(19(15)27-20)10-14-3-1-2-4-17(14)13-5-6-13/h1-4,7-9,11,13,18H,5-6,10,12H2,(H,23,26,27). The quantitative estimate of drug-likeness (QED) is 0.513. The van der Waals surface area contributed by atoms with Crippen LogP contribution >= 0.6 is 0 Å². The summed E-state index contributed by atoms with van der Waals surface area (Å²) in [4.78, 5) is 8.87. The molecule has 148 valence electrons. The molecule has 3 aromatic heterocycles. The average Bonchev–Trinajstić information content (AvgIpc) is 3.35. The van der Waals surface area contributed by atoms with Crippen LogP contribution in [0.15, 0.2) is 49.1 Å². The lowest BCUT2D eigenvalue weighted by atomic mass is 10.0. The minimum absolute atomic E-state index is 0.367. The van der Waals surface area contributed by atoms with E-state index in [-0.39, 0.29) is 0 Å². The fourth-order valence-electron chi connectivity index (χ4n) is 3.47. The lowest BCUT2D eigenvalue weighted by molar-refractivity contribution is 0.122. The van der Waals surface area contributed by atoms with E-state index in [1.165, 1.54) is 41.0 Å². The van der Waals surface area contributed by atoms with Gasteiger partial charge in [-0.25, -0.2) is 18.4 Å². The van der Waals surface area contributed by atoms with Gasteiger partial charge in [0.25, 0.3) is 6.43 Å². The van der Waals surface area contributed by atoms with Crippen molar-refractivity contribution in [3.8, 4) is 0 Å². The molecule has 1 fully saturated rings. The maximum atomic E-state index is 12.5. The average molecular weight is 395 g/mol. The Bertz CT molecular complexity index is 1150. The third-order valence-electron chi connectivity index (χ3n) is 4.98. The van der Waals surface area contributed by atoms with Crippen LogP contribution in [0.5, 0.6) is 0 Å². The first-order valence-electron chi connectivity index (χ1n) is 9.50. The smallest absolute Gasteiger partial charge is 0.257 e. The second-order valence-electron chi connectivity index (χ2n) is 7.21. The Morgan fingerprint density at radius 2 is 1.97 bits per heavy atom. The van der Waals surface area contributed by atoms with Crippen LogP contribution in [0, 0.1) is 0 Å². The summed E-state index contributed by atoms with van der Waals surface area (Å²) in [6.45, 7) is 0.188. The van der Waals surface area contributed by atoms with Gasteiger partial charge in [-0.3, -0.25) is 4.68 Å². The highest BCUT2D eigenvalue weighted by molar-refractivity contribution is 5.75. The van der Waals surface area contributed by atoms with Crippen LogP contribution in [-0.4, -0.2) is 36.0 Å². The van der Waals surface area contributed by atoms with Gasteiger partial charge in [-0.2, -0.15) is 15.2 Å². The third-order valence-corrected chi connectivity index (χ3v) is 4.98. The number of benzene rings is 1. The predicted molar refractivity (Wildman–Crippen MR) is 104 cm³/mol. The Morgan fingerprint density at radius 1 is 1.10 bits per heavy atom. The number of anilines is 2. The molecule has 0 unspecified atom stereocenters. The number of hydrogen-bond acceptors (Lipinski definition) is 5. The molecule has 1 aliphatic rings. The van der Waals surface area contributed by atoms with Gasteiger partial charge in [0.15, 0.2) is 5.65 Å². The van der Waals surface area contributed by atoms with Gasteiger partial charge in [0.05, 0.1) is 30.0 Å². The number of rotatable bonds is 7. The van der Waals surface area contributed by atoms with Crippen LogP contribution < -0.4 is 5.32 Å². The van der Waals surface area contributed by atoms with Crippen molar-refractivity contribution in [2.75, 3.05) is 5.32 Å². The highest BCUT2D eigenvalue weighted by Crippen LogP contribution is 2.41. The van der Waals surface area contributed by atoms with Crippen LogP contribution in [0.3, 0.4) is 0 Å². The molecule has 5 rings (SSSR count). The maximum absolute atomic E-state index is 12.5. The summed E-state index contributed by atoms with van der Waals surface area (Å²) in [5.74, 6) is 1.02. The third kappa shape index (κ3) is 3.80. The molecular weight excluding hydrogens is 376 g/mol. The fraction of sp³-hybridized carbons (Fsp3) is 0.300. The van der Waals surface area contributed by atoms with Gasteiger partial charge in [-0.05, 0) is 29.9 Å². The largest absolute Gasteiger partial charge is 0.321 e. The molecule has 1 aromatic carbocycles. The van der Waals surface area contributed by atoms with E-state index in [0.29, 0.717) is 29.7 Å². The molecule has 0 saturated heterocycles. The zero-order valence-corrected chi connectivity index (χ0v) is 15.5. The number of nitrogens with one attached hydrogen (secondary N) is 1. The van der Waals surface area contributed by atoms with E-state index in [9.17, 15) is 8.78 Å². The fourth-order valence-corrected chi connectivity index (χ4v) is 3.47. The molecule has 1 saturated carbocycles. The first-order chi connectivity index (χ1) is 14.2. The minimum Gasteiger partial charge on any atom is -0.321 e. The van der Waals surface area contributed by atoms with Crippen molar-refractivity contribution in [2.24, 2.45) is 0 Å².